The van der Waals surface area contributed by atoms with Gasteiger partial charge in [0.05, 0.1) is 12.2 Å². The summed E-state index contributed by atoms with van der Waals surface area (Å²) in [4.78, 5) is 2.63. The highest BCUT2D eigenvalue weighted by Crippen LogP contribution is 2.29. The van der Waals surface area contributed by atoms with Crippen LogP contribution < -0.4 is 5.73 Å². The number of likely N-dealkylation sites (tertiary alicyclic amines) is 1. The lowest BCUT2D eigenvalue weighted by Gasteiger charge is -2.36. The fourth-order valence-corrected chi connectivity index (χ4v) is 3.71. The van der Waals surface area contributed by atoms with Crippen LogP contribution in [0.25, 0.3) is 0 Å². The van der Waals surface area contributed by atoms with Crippen LogP contribution in [0.4, 0.5) is 0 Å². The van der Waals surface area contributed by atoms with Gasteiger partial charge in [0.25, 0.3) is 0 Å². The first-order valence-electron chi connectivity index (χ1n) is 6.93. The molecule has 4 unspecified atom stereocenters. The van der Waals surface area contributed by atoms with Gasteiger partial charge in [0.2, 0.25) is 0 Å². The minimum absolute atomic E-state index is 0.469. The van der Waals surface area contributed by atoms with E-state index in [1.54, 1.807) is 0 Å². The van der Waals surface area contributed by atoms with E-state index in [0.29, 0.717) is 18.2 Å². The van der Waals surface area contributed by atoms with Crippen molar-refractivity contribution < 1.29 is 4.74 Å². The van der Waals surface area contributed by atoms with Crippen molar-refractivity contribution in [3.63, 3.8) is 0 Å². The normalized spacial score (nSPS) is 44.8. The molecular weight excluding hydrogens is 200 g/mol. The van der Waals surface area contributed by atoms with Gasteiger partial charge in [0.15, 0.2) is 0 Å². The van der Waals surface area contributed by atoms with Crippen LogP contribution in [0.15, 0.2) is 0 Å². The van der Waals surface area contributed by atoms with Crippen molar-refractivity contribution in [3.05, 3.63) is 0 Å². The van der Waals surface area contributed by atoms with Gasteiger partial charge in [-0.1, -0.05) is 6.42 Å². The standard InChI is InChI=1S/C13H24N2O/c14-11-3-1-2-10(6-11)7-15-8-12-4-5-13(9-15)16-12/h10-13H,1-9,14H2. The monoisotopic (exact) mass is 224 g/mol. The second-order valence-electron chi connectivity index (χ2n) is 5.97. The molecule has 0 aromatic rings. The molecule has 2 saturated heterocycles. The molecule has 2 bridgehead atoms. The van der Waals surface area contributed by atoms with Crippen molar-refractivity contribution in [2.45, 2.75) is 56.8 Å². The lowest BCUT2D eigenvalue weighted by atomic mass is 9.86. The van der Waals surface area contributed by atoms with E-state index in [1.807, 2.05) is 0 Å². The summed E-state index contributed by atoms with van der Waals surface area (Å²) in [6.07, 6.45) is 8.85. The highest BCUT2D eigenvalue weighted by Gasteiger charge is 2.34. The largest absolute Gasteiger partial charge is 0.372 e. The van der Waals surface area contributed by atoms with Crippen molar-refractivity contribution in [3.8, 4) is 0 Å². The van der Waals surface area contributed by atoms with Gasteiger partial charge in [-0.3, -0.25) is 4.90 Å². The van der Waals surface area contributed by atoms with Gasteiger partial charge in [-0.05, 0) is 38.0 Å². The van der Waals surface area contributed by atoms with Crippen LogP contribution in [-0.4, -0.2) is 42.8 Å². The molecule has 3 heteroatoms. The highest BCUT2D eigenvalue weighted by atomic mass is 16.5. The van der Waals surface area contributed by atoms with Crippen LogP contribution in [0, 0.1) is 5.92 Å². The molecule has 3 rings (SSSR count). The lowest BCUT2D eigenvalue weighted by Crippen LogP contribution is -2.45. The molecule has 2 N–H and O–H groups in total. The summed E-state index contributed by atoms with van der Waals surface area (Å²) in [5.74, 6) is 0.848. The Balaban J connectivity index is 1.51. The molecule has 0 radical (unpaired) electrons. The van der Waals surface area contributed by atoms with Crippen molar-refractivity contribution in [1.29, 1.82) is 0 Å². The minimum Gasteiger partial charge on any atom is -0.372 e. The van der Waals surface area contributed by atoms with Crippen LogP contribution >= 0.6 is 0 Å². The fourth-order valence-electron chi connectivity index (χ4n) is 3.71. The Hall–Kier alpha value is -0.120. The Morgan fingerprint density at radius 2 is 1.81 bits per heavy atom. The van der Waals surface area contributed by atoms with E-state index in [1.165, 1.54) is 58.2 Å². The maximum absolute atomic E-state index is 6.05. The Morgan fingerprint density at radius 3 is 2.50 bits per heavy atom. The van der Waals surface area contributed by atoms with Crippen LogP contribution in [0.1, 0.15) is 38.5 Å². The van der Waals surface area contributed by atoms with Crippen molar-refractivity contribution in [2.75, 3.05) is 19.6 Å². The second-order valence-corrected chi connectivity index (χ2v) is 5.97. The van der Waals surface area contributed by atoms with Crippen molar-refractivity contribution in [2.24, 2.45) is 11.7 Å². The molecule has 1 saturated carbocycles. The van der Waals surface area contributed by atoms with Crippen molar-refractivity contribution in [1.82, 2.24) is 4.90 Å². The molecule has 0 spiro atoms. The number of hydrogen-bond donors (Lipinski definition) is 1. The minimum atomic E-state index is 0.469. The molecular formula is C13H24N2O. The Labute approximate surface area is 98.3 Å². The highest BCUT2D eigenvalue weighted by molar-refractivity contribution is 4.87. The molecule has 3 aliphatic rings. The van der Waals surface area contributed by atoms with Gasteiger partial charge in [0.1, 0.15) is 0 Å². The van der Waals surface area contributed by atoms with E-state index in [0.717, 1.165) is 5.92 Å². The Bertz CT molecular complexity index is 234. The van der Waals surface area contributed by atoms with Gasteiger partial charge in [-0.2, -0.15) is 0 Å². The fraction of sp³-hybridized carbons (Fsp3) is 1.00. The molecule has 2 heterocycles. The van der Waals surface area contributed by atoms with E-state index in [-0.39, 0.29) is 0 Å². The van der Waals surface area contributed by atoms with Crippen LogP contribution in [-0.2, 0) is 4.74 Å². The zero-order valence-electron chi connectivity index (χ0n) is 10.1. The van der Waals surface area contributed by atoms with Crippen LogP contribution in [0.3, 0.4) is 0 Å². The maximum Gasteiger partial charge on any atom is 0.0707 e. The van der Waals surface area contributed by atoms with E-state index >= 15 is 0 Å². The molecule has 0 amide bonds. The first-order chi connectivity index (χ1) is 7.79. The molecule has 2 aliphatic heterocycles. The third-order valence-electron chi connectivity index (χ3n) is 4.46. The first kappa shape index (κ1) is 11.0. The summed E-state index contributed by atoms with van der Waals surface area (Å²) in [5.41, 5.74) is 6.05. The van der Waals surface area contributed by atoms with Crippen molar-refractivity contribution >= 4 is 0 Å². The predicted octanol–water partition coefficient (Wildman–Crippen LogP) is 1.37. The number of morpholine rings is 1. The SMILES string of the molecule is NC1CCCC(CN2CC3CCC(C2)O3)C1. The summed E-state index contributed by atoms with van der Waals surface area (Å²) in [6, 6.07) is 0.469. The van der Waals surface area contributed by atoms with Crippen LogP contribution in [0.5, 0.6) is 0 Å². The zero-order chi connectivity index (χ0) is 11.0. The Morgan fingerprint density at radius 1 is 1.06 bits per heavy atom. The number of hydrogen-bond acceptors (Lipinski definition) is 3. The summed E-state index contributed by atoms with van der Waals surface area (Å²) >= 11 is 0. The number of nitrogens with two attached hydrogens (primary N) is 1. The molecule has 16 heavy (non-hydrogen) atoms. The summed E-state index contributed by atoms with van der Waals surface area (Å²) in [6.45, 7) is 3.61. The quantitative estimate of drug-likeness (QED) is 0.770. The lowest BCUT2D eigenvalue weighted by molar-refractivity contribution is -0.0440. The number of ether oxygens (including phenoxy) is 1. The summed E-state index contributed by atoms with van der Waals surface area (Å²) < 4.78 is 5.87. The average molecular weight is 224 g/mol. The molecule has 4 atom stereocenters. The van der Waals surface area contributed by atoms with E-state index in [9.17, 15) is 0 Å². The summed E-state index contributed by atoms with van der Waals surface area (Å²) in [7, 11) is 0. The zero-order valence-corrected chi connectivity index (χ0v) is 10.1. The van der Waals surface area contributed by atoms with E-state index in [4.69, 9.17) is 10.5 Å². The average Bonchev–Trinajstić information content (AvgIpc) is 2.58. The molecule has 92 valence electrons. The van der Waals surface area contributed by atoms with Crippen LogP contribution in [0.2, 0.25) is 0 Å². The summed E-state index contributed by atoms with van der Waals surface area (Å²) in [5, 5.41) is 0. The van der Waals surface area contributed by atoms with Gasteiger partial charge >= 0.3 is 0 Å². The Kier molecular flexibility index (Phi) is 3.18. The van der Waals surface area contributed by atoms with Gasteiger partial charge in [-0.15, -0.1) is 0 Å². The van der Waals surface area contributed by atoms with Gasteiger partial charge in [0, 0.05) is 25.7 Å². The topological polar surface area (TPSA) is 38.5 Å². The second kappa shape index (κ2) is 4.63. The van der Waals surface area contributed by atoms with Gasteiger partial charge < -0.3 is 10.5 Å². The first-order valence-corrected chi connectivity index (χ1v) is 6.93. The van der Waals surface area contributed by atoms with E-state index < -0.39 is 0 Å². The molecule has 3 nitrogen and oxygen atoms in total. The van der Waals surface area contributed by atoms with Gasteiger partial charge in [-0.25, -0.2) is 0 Å². The number of fused-ring (bicyclic) bond motifs is 2. The number of nitrogens with zero attached hydrogens (tertiary/aromatic N) is 1. The predicted molar refractivity (Wildman–Crippen MR) is 64.3 cm³/mol. The molecule has 0 aromatic heterocycles. The van der Waals surface area contributed by atoms with E-state index in [2.05, 4.69) is 4.90 Å². The molecule has 3 fully saturated rings. The third-order valence-corrected chi connectivity index (χ3v) is 4.46. The maximum atomic E-state index is 6.05. The number of rotatable bonds is 2. The molecule has 1 aliphatic carbocycles. The smallest absolute Gasteiger partial charge is 0.0707 e. The molecule has 0 aromatic carbocycles. The third kappa shape index (κ3) is 2.41.